The van der Waals surface area contributed by atoms with Crippen LogP contribution in [0.2, 0.25) is 0 Å². The molecule has 3 heteroatoms. The van der Waals surface area contributed by atoms with Gasteiger partial charge < -0.3 is 4.90 Å². The first-order valence-electron chi connectivity index (χ1n) is 5.88. The lowest BCUT2D eigenvalue weighted by Gasteiger charge is -2.27. The van der Waals surface area contributed by atoms with Crippen molar-refractivity contribution in [3.8, 4) is 0 Å². The lowest BCUT2D eigenvalue weighted by atomic mass is 10.0. The van der Waals surface area contributed by atoms with Crippen LogP contribution in [-0.2, 0) is 6.42 Å². The first-order valence-corrected chi connectivity index (χ1v) is 5.88. The summed E-state index contributed by atoms with van der Waals surface area (Å²) in [5.41, 5.74) is 2.39. The highest BCUT2D eigenvalue weighted by Gasteiger charge is 2.19. The van der Waals surface area contributed by atoms with Crippen molar-refractivity contribution in [3.05, 3.63) is 23.4 Å². The normalized spacial score (nSPS) is 16.6. The fourth-order valence-corrected chi connectivity index (χ4v) is 1.86. The molecule has 2 rings (SSSR count). The summed E-state index contributed by atoms with van der Waals surface area (Å²) in [7, 11) is 3.87. The van der Waals surface area contributed by atoms with Crippen molar-refractivity contribution in [2.45, 2.75) is 33.6 Å². The van der Waals surface area contributed by atoms with Crippen molar-refractivity contribution in [1.29, 1.82) is 0 Å². The second-order valence-electron chi connectivity index (χ2n) is 3.63. The molecule has 0 amide bonds. The molecule has 1 aliphatic heterocycles. The Balaban J connectivity index is 0.000000606. The SMILES string of the molecule is CC.CN=C1CCc2ccc(C)nc2N1C. The summed E-state index contributed by atoms with van der Waals surface area (Å²) in [6.07, 6.45) is 2.07. The zero-order chi connectivity index (χ0) is 12.1. The van der Waals surface area contributed by atoms with E-state index in [4.69, 9.17) is 0 Å². The average molecular weight is 219 g/mol. The molecule has 0 radical (unpaired) electrons. The Morgan fingerprint density at radius 2 is 1.94 bits per heavy atom. The van der Waals surface area contributed by atoms with Crippen LogP contribution in [0.25, 0.3) is 0 Å². The number of hydrogen-bond donors (Lipinski definition) is 0. The van der Waals surface area contributed by atoms with E-state index in [1.54, 1.807) is 0 Å². The topological polar surface area (TPSA) is 28.5 Å². The van der Waals surface area contributed by atoms with Gasteiger partial charge in [0.25, 0.3) is 0 Å². The van der Waals surface area contributed by atoms with Crippen molar-refractivity contribution in [1.82, 2.24) is 4.98 Å². The van der Waals surface area contributed by atoms with Crippen LogP contribution in [0.5, 0.6) is 0 Å². The van der Waals surface area contributed by atoms with Gasteiger partial charge in [0.05, 0.1) is 0 Å². The van der Waals surface area contributed by atoms with Crippen LogP contribution in [0.1, 0.15) is 31.5 Å². The van der Waals surface area contributed by atoms with Gasteiger partial charge in [-0.15, -0.1) is 0 Å². The molecule has 0 bridgehead atoms. The van der Waals surface area contributed by atoms with Gasteiger partial charge in [0.1, 0.15) is 11.7 Å². The molecule has 3 nitrogen and oxygen atoms in total. The second kappa shape index (κ2) is 5.64. The van der Waals surface area contributed by atoms with Gasteiger partial charge in [-0.3, -0.25) is 4.99 Å². The van der Waals surface area contributed by atoms with Gasteiger partial charge in [-0.2, -0.15) is 0 Å². The van der Waals surface area contributed by atoms with E-state index in [2.05, 4.69) is 27.0 Å². The van der Waals surface area contributed by atoms with E-state index in [0.29, 0.717) is 0 Å². The molecule has 88 valence electrons. The minimum atomic E-state index is 1.02. The van der Waals surface area contributed by atoms with Crippen molar-refractivity contribution in [2.24, 2.45) is 4.99 Å². The van der Waals surface area contributed by atoms with Gasteiger partial charge in [0.2, 0.25) is 0 Å². The lowest BCUT2D eigenvalue weighted by molar-refractivity contribution is 0.917. The molecule has 0 atom stereocenters. The third-order valence-electron chi connectivity index (χ3n) is 2.68. The van der Waals surface area contributed by atoms with Crippen LogP contribution >= 0.6 is 0 Å². The maximum atomic E-state index is 4.54. The van der Waals surface area contributed by atoms with Gasteiger partial charge in [-0.25, -0.2) is 4.98 Å². The summed E-state index contributed by atoms with van der Waals surface area (Å²) in [6.45, 7) is 6.02. The maximum absolute atomic E-state index is 4.54. The molecule has 1 aliphatic rings. The Morgan fingerprint density at radius 1 is 1.25 bits per heavy atom. The van der Waals surface area contributed by atoms with E-state index in [1.165, 1.54) is 5.56 Å². The first kappa shape index (κ1) is 12.7. The molecular weight excluding hydrogens is 198 g/mol. The second-order valence-corrected chi connectivity index (χ2v) is 3.63. The van der Waals surface area contributed by atoms with E-state index < -0.39 is 0 Å². The number of rotatable bonds is 0. The third-order valence-corrected chi connectivity index (χ3v) is 2.68. The molecule has 16 heavy (non-hydrogen) atoms. The molecule has 2 heterocycles. The molecule has 0 fully saturated rings. The number of aromatic nitrogens is 1. The van der Waals surface area contributed by atoms with E-state index in [0.717, 1.165) is 30.2 Å². The molecular formula is C13H21N3. The Labute approximate surface area is 98.2 Å². The highest BCUT2D eigenvalue weighted by Crippen LogP contribution is 2.24. The minimum absolute atomic E-state index is 1.02. The molecule has 0 saturated heterocycles. The first-order chi connectivity index (χ1) is 7.72. The molecule has 0 unspecified atom stereocenters. The number of nitrogens with zero attached hydrogens (tertiary/aromatic N) is 3. The van der Waals surface area contributed by atoms with E-state index in [1.807, 2.05) is 34.9 Å². The van der Waals surface area contributed by atoms with Gasteiger partial charge in [-0.1, -0.05) is 19.9 Å². The summed E-state index contributed by atoms with van der Waals surface area (Å²) in [6, 6.07) is 4.24. The Morgan fingerprint density at radius 3 is 2.56 bits per heavy atom. The number of amidine groups is 1. The van der Waals surface area contributed by atoms with Gasteiger partial charge in [-0.05, 0) is 25.0 Å². The van der Waals surface area contributed by atoms with Crippen molar-refractivity contribution in [2.75, 3.05) is 19.0 Å². The van der Waals surface area contributed by atoms with Gasteiger partial charge >= 0.3 is 0 Å². The van der Waals surface area contributed by atoms with Gasteiger partial charge in [0, 0.05) is 26.2 Å². The molecule has 0 spiro atoms. The number of hydrogen-bond acceptors (Lipinski definition) is 2. The van der Waals surface area contributed by atoms with Crippen LogP contribution < -0.4 is 4.90 Å². The highest BCUT2D eigenvalue weighted by atomic mass is 15.2. The summed E-state index contributed by atoms with van der Waals surface area (Å²) >= 11 is 0. The number of aryl methyl sites for hydroxylation is 2. The zero-order valence-electron chi connectivity index (χ0n) is 10.9. The Bertz CT molecular complexity index is 383. The minimum Gasteiger partial charge on any atom is -0.318 e. The number of fused-ring (bicyclic) bond motifs is 1. The van der Waals surface area contributed by atoms with Crippen molar-refractivity contribution in [3.63, 3.8) is 0 Å². The Kier molecular flexibility index (Phi) is 4.47. The summed E-state index contributed by atoms with van der Waals surface area (Å²) in [4.78, 5) is 10.9. The molecule has 1 aromatic heterocycles. The van der Waals surface area contributed by atoms with Crippen molar-refractivity contribution < 1.29 is 0 Å². The van der Waals surface area contributed by atoms with Gasteiger partial charge in [0.15, 0.2) is 0 Å². The number of pyridine rings is 1. The smallest absolute Gasteiger partial charge is 0.137 e. The predicted octanol–water partition coefficient (Wildman–Crippen LogP) is 2.83. The van der Waals surface area contributed by atoms with E-state index in [-0.39, 0.29) is 0 Å². The Hall–Kier alpha value is -1.38. The summed E-state index contributed by atoms with van der Waals surface area (Å²) in [5, 5.41) is 0. The van der Waals surface area contributed by atoms with Crippen LogP contribution in [0.3, 0.4) is 0 Å². The molecule has 1 aromatic rings. The molecule has 0 saturated carbocycles. The fourth-order valence-electron chi connectivity index (χ4n) is 1.86. The number of anilines is 1. The predicted molar refractivity (Wildman–Crippen MR) is 70.4 cm³/mol. The molecule has 0 aromatic carbocycles. The average Bonchev–Trinajstić information content (AvgIpc) is 2.33. The maximum Gasteiger partial charge on any atom is 0.137 e. The summed E-state index contributed by atoms with van der Waals surface area (Å²) in [5.74, 6) is 2.19. The zero-order valence-corrected chi connectivity index (χ0v) is 10.9. The van der Waals surface area contributed by atoms with Crippen molar-refractivity contribution >= 4 is 11.7 Å². The van der Waals surface area contributed by atoms with E-state index >= 15 is 0 Å². The fraction of sp³-hybridized carbons (Fsp3) is 0.538. The third kappa shape index (κ3) is 2.40. The lowest BCUT2D eigenvalue weighted by Crippen LogP contribution is -2.32. The quantitative estimate of drug-likeness (QED) is 0.671. The largest absolute Gasteiger partial charge is 0.318 e. The van der Waals surface area contributed by atoms with E-state index in [9.17, 15) is 0 Å². The highest BCUT2D eigenvalue weighted by molar-refractivity contribution is 5.98. The number of aliphatic imine (C=N–C) groups is 1. The van der Waals surface area contributed by atoms with Crippen LogP contribution in [-0.4, -0.2) is 24.9 Å². The monoisotopic (exact) mass is 219 g/mol. The van der Waals surface area contributed by atoms with Crippen LogP contribution in [0.4, 0.5) is 5.82 Å². The standard InChI is InChI=1S/C11H15N3.C2H6/c1-8-4-5-9-6-7-10(12-2)14(3)11(9)13-8;1-2/h4-5H,6-7H2,1-3H3;1-2H3. The molecule has 0 N–H and O–H groups in total. The van der Waals surface area contributed by atoms with Crippen LogP contribution in [0, 0.1) is 6.92 Å². The summed E-state index contributed by atoms with van der Waals surface area (Å²) < 4.78 is 0. The molecule has 0 aliphatic carbocycles. The van der Waals surface area contributed by atoms with Crippen LogP contribution in [0.15, 0.2) is 17.1 Å².